The molecule has 1 atom stereocenters. The fourth-order valence-electron chi connectivity index (χ4n) is 2.82. The van der Waals surface area contributed by atoms with Crippen LogP contribution in [0.3, 0.4) is 0 Å². The van der Waals surface area contributed by atoms with E-state index in [4.69, 9.17) is 15.8 Å². The Morgan fingerprint density at radius 1 is 1.59 bits per heavy atom. The molecule has 1 saturated heterocycles. The molecule has 3 rings (SSSR count). The lowest BCUT2D eigenvalue weighted by Crippen LogP contribution is -2.46. The van der Waals surface area contributed by atoms with Gasteiger partial charge in [0.05, 0.1) is 18.2 Å². The van der Waals surface area contributed by atoms with Crippen LogP contribution in [0.5, 0.6) is 0 Å². The standard InChI is InChI=1S/C15H14FN7O5S/c16-1-2-28-21-10(9-6-29-15(18)20-9)12(24)19-8-5-22-4-7(3-17)11(14(26)27)23(22)13(8)25/h6,8H,1-2,4-5H2,(H2,18,20)(H,19,24)(H,26,27)/b21-10-/t8-/m0/s1. The van der Waals surface area contributed by atoms with E-state index in [1.807, 2.05) is 0 Å². The summed E-state index contributed by atoms with van der Waals surface area (Å²) in [5.74, 6) is -2.98. The van der Waals surface area contributed by atoms with Crippen molar-refractivity contribution in [2.24, 2.45) is 5.16 Å². The van der Waals surface area contributed by atoms with Crippen LogP contribution in [0, 0.1) is 11.3 Å². The molecule has 0 aliphatic carbocycles. The number of fused-ring (bicyclic) bond motifs is 1. The smallest absolute Gasteiger partial charge is 0.355 e. The number of amides is 2. The highest BCUT2D eigenvalue weighted by molar-refractivity contribution is 7.13. The number of thiazole rings is 1. The molecule has 0 unspecified atom stereocenters. The van der Waals surface area contributed by atoms with E-state index in [1.165, 1.54) is 10.4 Å². The second-order valence-corrected chi connectivity index (χ2v) is 6.69. The van der Waals surface area contributed by atoms with Crippen molar-refractivity contribution in [3.63, 3.8) is 0 Å². The topological polar surface area (TPSA) is 174 Å². The van der Waals surface area contributed by atoms with Gasteiger partial charge in [0.2, 0.25) is 0 Å². The summed E-state index contributed by atoms with van der Waals surface area (Å²) in [7, 11) is 0. The number of oxime groups is 1. The Balaban J connectivity index is 1.79. The Morgan fingerprint density at radius 3 is 2.93 bits per heavy atom. The molecule has 14 heteroatoms. The lowest BCUT2D eigenvalue weighted by Gasteiger charge is -2.18. The number of nitrogens with two attached hydrogens (primary N) is 1. The Hall–Kier alpha value is -3.57. The van der Waals surface area contributed by atoms with Crippen molar-refractivity contribution in [3.05, 3.63) is 22.3 Å². The van der Waals surface area contributed by atoms with Gasteiger partial charge in [-0.1, -0.05) is 5.16 Å². The minimum absolute atomic E-state index is 0.0512. The third kappa shape index (κ3) is 3.86. The SMILES string of the molecule is N#CC1=C(C(=O)O)N2C(=O)[C@@H](NC(=O)/C(=N\OCCF)c3csc(N)n3)CN2C1. The molecule has 12 nitrogen and oxygen atoms in total. The average molecular weight is 423 g/mol. The van der Waals surface area contributed by atoms with Gasteiger partial charge in [-0.2, -0.15) is 5.26 Å². The number of carbonyl (C=O) groups is 3. The quantitative estimate of drug-likeness (QED) is 0.277. The molecule has 2 aliphatic rings. The van der Waals surface area contributed by atoms with Crippen LogP contribution in [0.25, 0.3) is 0 Å². The molecule has 2 aliphatic heterocycles. The van der Waals surface area contributed by atoms with Gasteiger partial charge in [-0.3, -0.25) is 9.59 Å². The van der Waals surface area contributed by atoms with Gasteiger partial charge < -0.3 is 21.0 Å². The van der Waals surface area contributed by atoms with Gasteiger partial charge in [0.15, 0.2) is 16.5 Å². The molecule has 1 aromatic rings. The first-order chi connectivity index (χ1) is 13.9. The second kappa shape index (κ2) is 8.20. The number of halogens is 1. The zero-order valence-corrected chi connectivity index (χ0v) is 15.5. The molecule has 0 spiro atoms. The first-order valence-corrected chi connectivity index (χ1v) is 8.98. The van der Waals surface area contributed by atoms with E-state index < -0.39 is 36.2 Å². The van der Waals surface area contributed by atoms with Crippen molar-refractivity contribution in [1.82, 2.24) is 20.3 Å². The maximum Gasteiger partial charge on any atom is 0.355 e. The fraction of sp³-hybridized carbons (Fsp3) is 0.333. The molecular weight excluding hydrogens is 409 g/mol. The fourth-order valence-corrected chi connectivity index (χ4v) is 3.36. The number of carbonyl (C=O) groups excluding carboxylic acids is 2. The summed E-state index contributed by atoms with van der Waals surface area (Å²) in [6.07, 6.45) is 0. The summed E-state index contributed by atoms with van der Waals surface area (Å²) in [6.45, 7) is -1.33. The van der Waals surface area contributed by atoms with Gasteiger partial charge in [-0.25, -0.2) is 24.2 Å². The number of carboxylic acid groups (broad SMARTS) is 1. The number of hydrazine groups is 1. The average Bonchev–Trinajstić information content (AvgIpc) is 3.34. The highest BCUT2D eigenvalue weighted by Gasteiger charge is 2.48. The normalized spacial score (nSPS) is 19.3. The summed E-state index contributed by atoms with van der Waals surface area (Å²) in [4.78, 5) is 45.3. The Bertz CT molecular complexity index is 969. The van der Waals surface area contributed by atoms with Crippen molar-refractivity contribution in [3.8, 4) is 6.07 Å². The van der Waals surface area contributed by atoms with E-state index >= 15 is 0 Å². The van der Waals surface area contributed by atoms with E-state index in [0.29, 0.717) is 0 Å². The molecule has 29 heavy (non-hydrogen) atoms. The maximum absolute atomic E-state index is 12.6. The summed E-state index contributed by atoms with van der Waals surface area (Å²) in [5, 5.41) is 28.2. The highest BCUT2D eigenvalue weighted by atomic mass is 32.1. The number of aliphatic carboxylic acids is 1. The molecule has 0 aromatic carbocycles. The molecule has 4 N–H and O–H groups in total. The van der Waals surface area contributed by atoms with Crippen LogP contribution in [0.2, 0.25) is 0 Å². The predicted octanol–water partition coefficient (Wildman–Crippen LogP) is -1.16. The number of aromatic nitrogens is 1. The number of nitrogen functional groups attached to an aromatic ring is 1. The zero-order valence-electron chi connectivity index (χ0n) is 14.7. The van der Waals surface area contributed by atoms with Crippen LogP contribution in [-0.2, 0) is 19.2 Å². The number of alkyl halides is 1. The second-order valence-electron chi connectivity index (χ2n) is 5.80. The molecule has 0 bridgehead atoms. The number of nitrogens with one attached hydrogen (secondary N) is 1. The van der Waals surface area contributed by atoms with Crippen LogP contribution in [0.4, 0.5) is 9.52 Å². The Labute approximate surface area is 166 Å². The molecule has 0 saturated carbocycles. The Kier molecular flexibility index (Phi) is 5.71. The molecule has 152 valence electrons. The van der Waals surface area contributed by atoms with E-state index in [-0.39, 0.29) is 41.8 Å². The molecule has 0 radical (unpaired) electrons. The predicted molar refractivity (Wildman–Crippen MR) is 95.6 cm³/mol. The summed E-state index contributed by atoms with van der Waals surface area (Å²) >= 11 is 1.04. The lowest BCUT2D eigenvalue weighted by atomic mass is 10.2. The van der Waals surface area contributed by atoms with E-state index in [0.717, 1.165) is 16.3 Å². The van der Waals surface area contributed by atoms with E-state index in [9.17, 15) is 23.9 Å². The van der Waals surface area contributed by atoms with Crippen molar-refractivity contribution >= 4 is 40.0 Å². The minimum Gasteiger partial charge on any atom is -0.476 e. The van der Waals surface area contributed by atoms with Crippen LogP contribution in [0.1, 0.15) is 5.69 Å². The van der Waals surface area contributed by atoms with Gasteiger partial charge in [0.1, 0.15) is 25.0 Å². The number of anilines is 1. The van der Waals surface area contributed by atoms with Crippen molar-refractivity contribution in [2.75, 3.05) is 32.1 Å². The number of nitrogens with zero attached hydrogens (tertiary/aromatic N) is 5. The first kappa shape index (κ1) is 20.2. The van der Waals surface area contributed by atoms with Gasteiger partial charge in [0.25, 0.3) is 11.8 Å². The maximum atomic E-state index is 12.6. The molecule has 1 aromatic heterocycles. The largest absolute Gasteiger partial charge is 0.476 e. The number of nitriles is 1. The van der Waals surface area contributed by atoms with Gasteiger partial charge in [-0.15, -0.1) is 11.3 Å². The molecule has 2 amide bonds. The van der Waals surface area contributed by atoms with Crippen molar-refractivity contribution < 1.29 is 28.7 Å². The summed E-state index contributed by atoms with van der Waals surface area (Å²) in [6, 6.07) is 0.664. The highest BCUT2D eigenvalue weighted by Crippen LogP contribution is 2.29. The third-order valence-corrected chi connectivity index (χ3v) is 4.64. The minimum atomic E-state index is -1.43. The first-order valence-electron chi connectivity index (χ1n) is 8.10. The van der Waals surface area contributed by atoms with Gasteiger partial charge in [0, 0.05) is 11.9 Å². The molecule has 1 fully saturated rings. The van der Waals surface area contributed by atoms with Gasteiger partial charge in [-0.05, 0) is 0 Å². The van der Waals surface area contributed by atoms with Gasteiger partial charge >= 0.3 is 5.97 Å². The summed E-state index contributed by atoms with van der Waals surface area (Å²) < 4.78 is 12.3. The lowest BCUT2D eigenvalue weighted by molar-refractivity contribution is -0.143. The number of hydrogen-bond acceptors (Lipinski definition) is 10. The van der Waals surface area contributed by atoms with E-state index in [2.05, 4.69) is 15.5 Å². The Morgan fingerprint density at radius 2 is 2.34 bits per heavy atom. The van der Waals surface area contributed by atoms with E-state index in [1.54, 1.807) is 6.07 Å². The number of carboxylic acids is 1. The van der Waals surface area contributed by atoms with Crippen LogP contribution >= 0.6 is 11.3 Å². The van der Waals surface area contributed by atoms with Crippen molar-refractivity contribution in [1.29, 1.82) is 5.26 Å². The monoisotopic (exact) mass is 423 g/mol. The van der Waals surface area contributed by atoms with Crippen molar-refractivity contribution in [2.45, 2.75) is 6.04 Å². The molecular formula is C15H14FN7O5S. The number of hydrogen-bond donors (Lipinski definition) is 3. The van der Waals surface area contributed by atoms with Crippen LogP contribution in [-0.4, -0.2) is 76.0 Å². The third-order valence-electron chi connectivity index (χ3n) is 3.97. The number of rotatable bonds is 7. The van der Waals surface area contributed by atoms with Crippen LogP contribution < -0.4 is 11.1 Å². The zero-order chi connectivity index (χ0) is 21.1. The van der Waals surface area contributed by atoms with Crippen LogP contribution in [0.15, 0.2) is 21.8 Å². The molecule has 3 heterocycles. The summed E-state index contributed by atoms with van der Waals surface area (Å²) in [5.41, 5.74) is 4.82.